The first kappa shape index (κ1) is 16.2. The van der Waals surface area contributed by atoms with Crippen LogP contribution in [0.2, 0.25) is 0 Å². The van der Waals surface area contributed by atoms with Crippen molar-refractivity contribution in [2.24, 2.45) is 23.2 Å². The Hall–Kier alpha value is -1.64. The third kappa shape index (κ3) is 2.93. The van der Waals surface area contributed by atoms with E-state index in [9.17, 15) is 9.59 Å². The smallest absolute Gasteiger partial charge is 0.338 e. The van der Waals surface area contributed by atoms with Crippen LogP contribution in [0.3, 0.4) is 0 Å². The van der Waals surface area contributed by atoms with Crippen LogP contribution in [0.5, 0.6) is 0 Å². The zero-order valence-electron chi connectivity index (χ0n) is 14.0. The molecule has 2 aliphatic carbocycles. The first-order chi connectivity index (χ1) is 11.1. The van der Waals surface area contributed by atoms with E-state index in [-0.39, 0.29) is 23.4 Å². The standard InChI is InChI=1S/C20H26O3/c1-14(13-21)16-10-11-17-18(9-6-12-20(16,17)2)23-19(22)15-7-4-3-5-8-15/h3-5,7-8,13-14,16-18H,6,9-12H2,1-2H3/t14-,16-,17-,18+,20-/m1/s1. The lowest BCUT2D eigenvalue weighted by molar-refractivity contribution is -0.114. The van der Waals surface area contributed by atoms with E-state index in [2.05, 4.69) is 6.92 Å². The van der Waals surface area contributed by atoms with Crippen LogP contribution in [-0.4, -0.2) is 18.4 Å². The van der Waals surface area contributed by atoms with Crippen LogP contribution in [0.4, 0.5) is 0 Å². The molecule has 0 amide bonds. The average molecular weight is 314 g/mol. The third-order valence-corrected chi connectivity index (χ3v) is 6.25. The van der Waals surface area contributed by atoms with Gasteiger partial charge in [-0.15, -0.1) is 0 Å². The zero-order chi connectivity index (χ0) is 16.4. The van der Waals surface area contributed by atoms with E-state index >= 15 is 0 Å². The molecule has 0 saturated heterocycles. The third-order valence-electron chi connectivity index (χ3n) is 6.25. The first-order valence-corrected chi connectivity index (χ1v) is 8.77. The lowest BCUT2D eigenvalue weighted by atomic mass is 9.62. The van der Waals surface area contributed by atoms with Crippen LogP contribution >= 0.6 is 0 Å². The summed E-state index contributed by atoms with van der Waals surface area (Å²) in [4.78, 5) is 23.7. The molecule has 5 atom stereocenters. The van der Waals surface area contributed by atoms with Crippen molar-refractivity contribution in [2.45, 2.75) is 52.1 Å². The molecule has 0 N–H and O–H groups in total. The number of hydrogen-bond acceptors (Lipinski definition) is 3. The molecule has 0 aromatic heterocycles. The summed E-state index contributed by atoms with van der Waals surface area (Å²) >= 11 is 0. The number of carbonyl (C=O) groups excluding carboxylic acids is 2. The number of hydrogen-bond donors (Lipinski definition) is 0. The van der Waals surface area contributed by atoms with Gasteiger partial charge in [0.1, 0.15) is 12.4 Å². The number of carbonyl (C=O) groups is 2. The maximum atomic E-state index is 12.4. The van der Waals surface area contributed by atoms with E-state index in [0.717, 1.165) is 38.4 Å². The van der Waals surface area contributed by atoms with Crippen molar-refractivity contribution in [3.05, 3.63) is 35.9 Å². The number of aldehydes is 1. The Morgan fingerprint density at radius 1 is 1.26 bits per heavy atom. The Bertz CT molecular complexity index is 568. The number of rotatable bonds is 4. The summed E-state index contributed by atoms with van der Waals surface area (Å²) < 4.78 is 5.89. The molecular weight excluding hydrogens is 288 g/mol. The summed E-state index contributed by atoms with van der Waals surface area (Å²) in [6.07, 6.45) is 6.37. The molecule has 2 aliphatic rings. The van der Waals surface area contributed by atoms with Gasteiger partial charge < -0.3 is 9.53 Å². The Labute approximate surface area is 138 Å². The zero-order valence-corrected chi connectivity index (χ0v) is 14.0. The molecule has 2 fully saturated rings. The molecule has 0 unspecified atom stereocenters. The minimum Gasteiger partial charge on any atom is -0.458 e. The van der Waals surface area contributed by atoms with Crippen LogP contribution < -0.4 is 0 Å². The molecule has 23 heavy (non-hydrogen) atoms. The van der Waals surface area contributed by atoms with E-state index in [4.69, 9.17) is 4.74 Å². The predicted octanol–water partition coefficient (Wildman–Crippen LogP) is 4.26. The quantitative estimate of drug-likeness (QED) is 0.616. The molecule has 2 saturated carbocycles. The van der Waals surface area contributed by atoms with Crippen molar-refractivity contribution in [2.75, 3.05) is 0 Å². The number of esters is 1. The minimum absolute atomic E-state index is 0.00897. The van der Waals surface area contributed by atoms with Crippen LogP contribution in [0, 0.1) is 23.2 Å². The molecule has 0 heterocycles. The maximum Gasteiger partial charge on any atom is 0.338 e. The van der Waals surface area contributed by atoms with Gasteiger partial charge in [-0.2, -0.15) is 0 Å². The number of fused-ring (bicyclic) bond motifs is 1. The SMILES string of the molecule is C[C@H](C=O)[C@H]1CC[C@@H]2[C@@H](OC(=O)c3ccccc3)CCC[C@]12C. The van der Waals surface area contributed by atoms with Crippen LogP contribution in [0.25, 0.3) is 0 Å². The minimum atomic E-state index is -0.216. The highest BCUT2D eigenvalue weighted by molar-refractivity contribution is 5.89. The highest BCUT2D eigenvalue weighted by Gasteiger charge is 2.53. The fourth-order valence-corrected chi connectivity index (χ4v) is 5.04. The van der Waals surface area contributed by atoms with Crippen LogP contribution in [-0.2, 0) is 9.53 Å². The van der Waals surface area contributed by atoms with Gasteiger partial charge in [-0.25, -0.2) is 4.79 Å². The van der Waals surface area contributed by atoms with Crippen molar-refractivity contribution in [3.8, 4) is 0 Å². The molecule has 3 rings (SSSR count). The Morgan fingerprint density at radius 3 is 2.70 bits per heavy atom. The molecule has 0 bridgehead atoms. The molecule has 3 heteroatoms. The second kappa shape index (κ2) is 6.46. The summed E-state index contributed by atoms with van der Waals surface area (Å²) in [6.45, 7) is 4.34. The fraction of sp³-hybridized carbons (Fsp3) is 0.600. The summed E-state index contributed by atoms with van der Waals surface area (Å²) in [5.41, 5.74) is 0.746. The molecular formula is C20H26O3. The highest BCUT2D eigenvalue weighted by atomic mass is 16.5. The molecule has 0 spiro atoms. The second-order valence-electron chi connectivity index (χ2n) is 7.49. The van der Waals surface area contributed by atoms with Gasteiger partial charge >= 0.3 is 5.97 Å². The first-order valence-electron chi connectivity index (χ1n) is 8.77. The molecule has 0 aliphatic heterocycles. The Balaban J connectivity index is 1.75. The van der Waals surface area contributed by atoms with Gasteiger partial charge in [0.2, 0.25) is 0 Å². The lowest BCUT2D eigenvalue weighted by Crippen LogP contribution is -2.43. The van der Waals surface area contributed by atoms with Crippen molar-refractivity contribution >= 4 is 12.3 Å². The van der Waals surface area contributed by atoms with E-state index in [1.807, 2.05) is 25.1 Å². The van der Waals surface area contributed by atoms with Gasteiger partial charge in [0, 0.05) is 11.8 Å². The fourth-order valence-electron chi connectivity index (χ4n) is 5.04. The maximum absolute atomic E-state index is 12.4. The molecule has 0 radical (unpaired) electrons. The normalized spacial score (nSPS) is 34.4. The van der Waals surface area contributed by atoms with E-state index in [0.29, 0.717) is 17.4 Å². The van der Waals surface area contributed by atoms with Gasteiger partial charge in [-0.3, -0.25) is 0 Å². The van der Waals surface area contributed by atoms with Crippen LogP contribution in [0.15, 0.2) is 30.3 Å². The molecule has 3 nitrogen and oxygen atoms in total. The van der Waals surface area contributed by atoms with Crippen LogP contribution in [0.1, 0.15) is 56.3 Å². The highest BCUT2D eigenvalue weighted by Crippen LogP contribution is 2.58. The van der Waals surface area contributed by atoms with E-state index < -0.39 is 0 Å². The van der Waals surface area contributed by atoms with Gasteiger partial charge in [-0.1, -0.05) is 32.0 Å². The predicted molar refractivity (Wildman–Crippen MR) is 89.0 cm³/mol. The van der Waals surface area contributed by atoms with Crippen molar-refractivity contribution in [3.63, 3.8) is 0 Å². The largest absolute Gasteiger partial charge is 0.458 e. The monoisotopic (exact) mass is 314 g/mol. The van der Waals surface area contributed by atoms with Crippen molar-refractivity contribution < 1.29 is 14.3 Å². The number of benzene rings is 1. The Morgan fingerprint density at radius 2 is 2.00 bits per heavy atom. The van der Waals surface area contributed by atoms with E-state index in [1.54, 1.807) is 12.1 Å². The summed E-state index contributed by atoms with van der Waals surface area (Å²) in [6, 6.07) is 9.22. The van der Waals surface area contributed by atoms with Gasteiger partial charge in [0.25, 0.3) is 0 Å². The molecule has 1 aromatic rings. The number of ether oxygens (including phenoxy) is 1. The molecule has 1 aromatic carbocycles. The second-order valence-corrected chi connectivity index (χ2v) is 7.49. The summed E-state index contributed by atoms with van der Waals surface area (Å²) in [5, 5.41) is 0. The van der Waals surface area contributed by atoms with E-state index in [1.165, 1.54) is 0 Å². The molecule has 124 valence electrons. The van der Waals surface area contributed by atoms with Gasteiger partial charge in [0.05, 0.1) is 5.56 Å². The van der Waals surface area contributed by atoms with Crippen molar-refractivity contribution in [1.82, 2.24) is 0 Å². The summed E-state index contributed by atoms with van der Waals surface area (Å²) in [5.74, 6) is 0.680. The van der Waals surface area contributed by atoms with Crippen molar-refractivity contribution in [1.29, 1.82) is 0 Å². The van der Waals surface area contributed by atoms with Gasteiger partial charge in [-0.05, 0) is 55.6 Å². The lowest BCUT2D eigenvalue weighted by Gasteiger charge is -2.45. The Kier molecular flexibility index (Phi) is 4.56. The summed E-state index contributed by atoms with van der Waals surface area (Å²) in [7, 11) is 0. The van der Waals surface area contributed by atoms with Gasteiger partial charge in [0.15, 0.2) is 0 Å². The topological polar surface area (TPSA) is 43.4 Å². The average Bonchev–Trinajstić information content (AvgIpc) is 2.93.